The van der Waals surface area contributed by atoms with E-state index in [1.54, 1.807) is 0 Å². The molecule has 2 amide bonds. The number of anilines is 1. The van der Waals surface area contributed by atoms with Crippen molar-refractivity contribution in [1.29, 1.82) is 0 Å². The van der Waals surface area contributed by atoms with Crippen LogP contribution in [0.3, 0.4) is 0 Å². The van der Waals surface area contributed by atoms with Crippen LogP contribution in [0.2, 0.25) is 0 Å². The number of nitrogens with one attached hydrogen (secondary N) is 2. The molecule has 0 radical (unpaired) electrons. The van der Waals surface area contributed by atoms with Gasteiger partial charge in [-0.15, -0.1) is 0 Å². The Balaban J connectivity index is 2.42. The topological polar surface area (TPSA) is 70.6 Å². The van der Waals surface area contributed by atoms with Crippen molar-refractivity contribution in [2.24, 2.45) is 5.92 Å². The lowest BCUT2D eigenvalue weighted by molar-refractivity contribution is 0.0657. The van der Waals surface area contributed by atoms with Gasteiger partial charge in [-0.05, 0) is 43.9 Å². The molecule has 0 saturated heterocycles. The average Bonchev–Trinajstić information content (AvgIpc) is 2.43. The van der Waals surface area contributed by atoms with Crippen LogP contribution < -0.4 is 10.6 Å². The lowest BCUT2D eigenvalue weighted by Crippen LogP contribution is -2.35. The molecule has 1 unspecified atom stereocenters. The maximum Gasteiger partial charge on any atom is 0.319 e. The van der Waals surface area contributed by atoms with Crippen LogP contribution in [0.5, 0.6) is 0 Å². The monoisotopic (exact) mass is 308 g/mol. The molecule has 0 spiro atoms. The summed E-state index contributed by atoms with van der Waals surface area (Å²) in [6.45, 7) is 8.81. The molecule has 124 valence electrons. The van der Waals surface area contributed by atoms with Gasteiger partial charge < -0.3 is 20.5 Å². The smallest absolute Gasteiger partial charge is 0.319 e. The summed E-state index contributed by atoms with van der Waals surface area (Å²) < 4.78 is 5.54. The van der Waals surface area contributed by atoms with E-state index >= 15 is 0 Å². The second kappa shape index (κ2) is 9.43. The van der Waals surface area contributed by atoms with E-state index < -0.39 is 6.10 Å². The zero-order chi connectivity index (χ0) is 16.5. The number of aliphatic hydroxyl groups is 1. The van der Waals surface area contributed by atoms with E-state index in [0.29, 0.717) is 24.6 Å². The number of carbonyl (C=O) groups is 1. The predicted octanol–water partition coefficient (Wildman–Crippen LogP) is 3.14. The minimum atomic E-state index is -0.517. The molecule has 22 heavy (non-hydrogen) atoms. The summed E-state index contributed by atoms with van der Waals surface area (Å²) in [7, 11) is 0. The zero-order valence-corrected chi connectivity index (χ0v) is 13.9. The van der Waals surface area contributed by atoms with Gasteiger partial charge in [0.05, 0.1) is 18.8 Å². The van der Waals surface area contributed by atoms with Gasteiger partial charge in [0.25, 0.3) is 0 Å². The molecule has 1 aromatic carbocycles. The zero-order valence-electron chi connectivity index (χ0n) is 13.9. The Hall–Kier alpha value is -1.59. The molecule has 0 aromatic heterocycles. The number of hydrogen-bond acceptors (Lipinski definition) is 3. The molecule has 5 nitrogen and oxygen atoms in total. The molecule has 0 aliphatic rings. The van der Waals surface area contributed by atoms with Crippen molar-refractivity contribution in [3.63, 3.8) is 0 Å². The number of carbonyl (C=O) groups excluding carboxylic acids is 1. The molecular weight excluding hydrogens is 280 g/mol. The molecule has 0 aliphatic heterocycles. The third-order valence-electron chi connectivity index (χ3n) is 3.01. The van der Waals surface area contributed by atoms with Crippen molar-refractivity contribution >= 4 is 11.7 Å². The lowest BCUT2D eigenvalue weighted by Gasteiger charge is -2.14. The summed E-state index contributed by atoms with van der Waals surface area (Å²) in [5, 5.41) is 15.2. The number of benzene rings is 1. The molecule has 0 saturated carbocycles. The second-order valence-corrected chi connectivity index (χ2v) is 6.18. The van der Waals surface area contributed by atoms with Crippen LogP contribution in [0, 0.1) is 5.92 Å². The molecule has 3 N–H and O–H groups in total. The summed E-state index contributed by atoms with van der Waals surface area (Å²) >= 11 is 0. The van der Waals surface area contributed by atoms with Crippen molar-refractivity contribution in [2.75, 3.05) is 11.9 Å². The normalized spacial score (nSPS) is 12.5. The van der Waals surface area contributed by atoms with E-state index in [4.69, 9.17) is 4.74 Å². The summed E-state index contributed by atoms with van der Waals surface area (Å²) in [5.74, 6) is 0.400. The van der Waals surface area contributed by atoms with Gasteiger partial charge in [0.15, 0.2) is 0 Å². The first-order valence-electron chi connectivity index (χ1n) is 7.80. The summed E-state index contributed by atoms with van der Waals surface area (Å²) in [5.41, 5.74) is 1.71. The van der Waals surface area contributed by atoms with Gasteiger partial charge in [0.2, 0.25) is 0 Å². The van der Waals surface area contributed by atoms with Gasteiger partial charge in [-0.2, -0.15) is 0 Å². The van der Waals surface area contributed by atoms with Crippen LogP contribution in [0.15, 0.2) is 24.3 Å². The highest BCUT2D eigenvalue weighted by atomic mass is 16.5. The molecule has 1 atom stereocenters. The van der Waals surface area contributed by atoms with Crippen LogP contribution in [0.4, 0.5) is 10.5 Å². The first-order valence-corrected chi connectivity index (χ1v) is 7.80. The van der Waals surface area contributed by atoms with Crippen molar-refractivity contribution in [3.05, 3.63) is 29.8 Å². The summed E-state index contributed by atoms with van der Waals surface area (Å²) in [6.07, 6.45) is 0.321. The Morgan fingerprint density at radius 1 is 1.27 bits per heavy atom. The third kappa shape index (κ3) is 8.00. The van der Waals surface area contributed by atoms with Gasteiger partial charge in [-0.1, -0.05) is 26.0 Å². The first kappa shape index (κ1) is 18.5. The number of amides is 2. The Morgan fingerprint density at radius 3 is 2.64 bits per heavy atom. The van der Waals surface area contributed by atoms with E-state index in [1.165, 1.54) is 0 Å². The molecule has 0 aliphatic carbocycles. The Bertz CT molecular complexity index is 461. The third-order valence-corrected chi connectivity index (χ3v) is 3.01. The van der Waals surface area contributed by atoms with Gasteiger partial charge in [-0.25, -0.2) is 4.79 Å². The van der Waals surface area contributed by atoms with Crippen molar-refractivity contribution in [2.45, 2.75) is 52.9 Å². The molecule has 0 bridgehead atoms. The molecule has 5 heteroatoms. The molecule has 1 rings (SSSR count). The number of rotatable bonds is 8. The highest BCUT2D eigenvalue weighted by Crippen LogP contribution is 2.12. The van der Waals surface area contributed by atoms with Gasteiger partial charge in [0.1, 0.15) is 0 Å². The largest absolute Gasteiger partial charge is 0.391 e. The van der Waals surface area contributed by atoms with E-state index in [0.717, 1.165) is 5.56 Å². The fourth-order valence-corrected chi connectivity index (χ4v) is 2.02. The summed E-state index contributed by atoms with van der Waals surface area (Å²) in [4.78, 5) is 11.8. The number of ether oxygens (including phenoxy) is 1. The van der Waals surface area contributed by atoms with Gasteiger partial charge >= 0.3 is 6.03 Å². The fraction of sp³-hybridized carbons (Fsp3) is 0.588. The van der Waals surface area contributed by atoms with E-state index in [2.05, 4.69) is 10.6 Å². The van der Waals surface area contributed by atoms with Gasteiger partial charge in [0, 0.05) is 12.2 Å². The SMILES string of the molecule is CC(C)CC(O)CNC(=O)Nc1cccc(COC(C)C)c1. The predicted molar refractivity (Wildman–Crippen MR) is 88.9 cm³/mol. The van der Waals surface area contributed by atoms with E-state index in [1.807, 2.05) is 52.0 Å². The molecule has 0 heterocycles. The quantitative estimate of drug-likeness (QED) is 0.691. The fourth-order valence-electron chi connectivity index (χ4n) is 2.02. The molecule has 0 fully saturated rings. The Kier molecular flexibility index (Phi) is 7.91. The maximum absolute atomic E-state index is 11.8. The van der Waals surface area contributed by atoms with Gasteiger partial charge in [-0.3, -0.25) is 0 Å². The Morgan fingerprint density at radius 2 is 2.00 bits per heavy atom. The van der Waals surface area contributed by atoms with Crippen molar-refractivity contribution in [3.8, 4) is 0 Å². The highest BCUT2D eigenvalue weighted by molar-refractivity contribution is 5.89. The van der Waals surface area contributed by atoms with Crippen molar-refractivity contribution < 1.29 is 14.6 Å². The first-order chi connectivity index (χ1) is 10.4. The summed E-state index contributed by atoms with van der Waals surface area (Å²) in [6, 6.07) is 7.22. The number of hydrogen-bond donors (Lipinski definition) is 3. The minimum absolute atomic E-state index is 0.169. The van der Waals surface area contributed by atoms with E-state index in [-0.39, 0.29) is 18.7 Å². The van der Waals surface area contributed by atoms with E-state index in [9.17, 15) is 9.90 Å². The van der Waals surface area contributed by atoms with Crippen LogP contribution in [0.25, 0.3) is 0 Å². The Labute approximate surface area is 133 Å². The van der Waals surface area contributed by atoms with Crippen LogP contribution >= 0.6 is 0 Å². The van der Waals surface area contributed by atoms with Crippen LogP contribution in [0.1, 0.15) is 39.7 Å². The van der Waals surface area contributed by atoms with Crippen molar-refractivity contribution in [1.82, 2.24) is 5.32 Å². The number of aliphatic hydroxyl groups excluding tert-OH is 1. The molecule has 1 aromatic rings. The highest BCUT2D eigenvalue weighted by Gasteiger charge is 2.09. The lowest BCUT2D eigenvalue weighted by atomic mass is 10.1. The average molecular weight is 308 g/mol. The number of urea groups is 1. The molecular formula is C17H28N2O3. The standard InChI is InChI=1S/C17H28N2O3/c1-12(2)8-16(20)10-18-17(21)19-15-7-5-6-14(9-15)11-22-13(3)4/h5-7,9,12-13,16,20H,8,10-11H2,1-4H3,(H2,18,19,21). The minimum Gasteiger partial charge on any atom is -0.391 e. The van der Waals surface area contributed by atoms with Crippen LogP contribution in [-0.4, -0.2) is 29.9 Å². The van der Waals surface area contributed by atoms with Crippen LogP contribution in [-0.2, 0) is 11.3 Å². The maximum atomic E-state index is 11.8. The second-order valence-electron chi connectivity index (χ2n) is 6.18.